The van der Waals surface area contributed by atoms with Crippen LogP contribution in [0, 0.1) is 0 Å². The number of amides is 2. The molecule has 0 saturated heterocycles. The first-order valence-corrected chi connectivity index (χ1v) is 8.24. The Morgan fingerprint density at radius 3 is 2.91 bits per heavy atom. The van der Waals surface area contributed by atoms with E-state index < -0.39 is 0 Å². The van der Waals surface area contributed by atoms with Gasteiger partial charge in [0.25, 0.3) is 0 Å². The third-order valence-electron chi connectivity index (χ3n) is 3.31. The van der Waals surface area contributed by atoms with E-state index in [4.69, 9.17) is 0 Å². The van der Waals surface area contributed by atoms with Crippen LogP contribution in [0.4, 0.5) is 10.6 Å². The summed E-state index contributed by atoms with van der Waals surface area (Å²) in [6.07, 6.45) is 2.65. The fourth-order valence-corrected chi connectivity index (χ4v) is 2.80. The van der Waals surface area contributed by atoms with E-state index in [0.29, 0.717) is 6.54 Å². The molecule has 2 amide bonds. The van der Waals surface area contributed by atoms with E-state index in [1.54, 1.807) is 17.5 Å². The molecule has 22 heavy (non-hydrogen) atoms. The number of aromatic nitrogens is 1. The molecule has 0 aliphatic carbocycles. The predicted molar refractivity (Wildman–Crippen MR) is 91.4 cm³/mol. The maximum Gasteiger partial charge on any atom is 0.315 e. The number of anilines is 1. The van der Waals surface area contributed by atoms with Gasteiger partial charge in [-0.2, -0.15) is 0 Å². The first-order chi connectivity index (χ1) is 10.7. The second kappa shape index (κ2) is 8.38. The second-order valence-electron chi connectivity index (χ2n) is 5.10. The molecule has 0 saturated carbocycles. The number of urea groups is 1. The fourth-order valence-electron chi connectivity index (χ4n) is 2.07. The van der Waals surface area contributed by atoms with Gasteiger partial charge in [0, 0.05) is 31.2 Å². The summed E-state index contributed by atoms with van der Waals surface area (Å²) in [5.41, 5.74) is 0. The van der Waals surface area contributed by atoms with Crippen molar-refractivity contribution in [3.63, 3.8) is 0 Å². The Balaban J connectivity index is 1.63. The molecule has 6 heteroatoms. The third-order valence-corrected chi connectivity index (χ3v) is 4.37. The average Bonchev–Trinajstić information content (AvgIpc) is 3.06. The van der Waals surface area contributed by atoms with E-state index in [-0.39, 0.29) is 12.1 Å². The Morgan fingerprint density at radius 1 is 1.36 bits per heavy atom. The molecule has 0 aliphatic heterocycles. The van der Waals surface area contributed by atoms with Gasteiger partial charge in [-0.25, -0.2) is 9.78 Å². The van der Waals surface area contributed by atoms with Crippen LogP contribution in [0.25, 0.3) is 0 Å². The molecule has 0 aliphatic rings. The van der Waals surface area contributed by atoms with Crippen molar-refractivity contribution >= 4 is 23.2 Å². The van der Waals surface area contributed by atoms with Crippen LogP contribution in [0.15, 0.2) is 41.9 Å². The van der Waals surface area contributed by atoms with Crippen molar-refractivity contribution in [3.05, 3.63) is 46.8 Å². The van der Waals surface area contributed by atoms with Crippen molar-refractivity contribution < 1.29 is 4.79 Å². The number of hydrogen-bond acceptors (Lipinski definition) is 4. The highest BCUT2D eigenvalue weighted by molar-refractivity contribution is 7.10. The highest BCUT2D eigenvalue weighted by atomic mass is 32.1. The van der Waals surface area contributed by atoms with Crippen LogP contribution >= 0.6 is 11.3 Å². The summed E-state index contributed by atoms with van der Waals surface area (Å²) in [6.45, 7) is 3.47. The maximum atomic E-state index is 11.8. The van der Waals surface area contributed by atoms with Gasteiger partial charge < -0.3 is 15.5 Å². The van der Waals surface area contributed by atoms with E-state index in [2.05, 4.69) is 20.5 Å². The Morgan fingerprint density at radius 2 is 2.23 bits per heavy atom. The number of rotatable bonds is 7. The summed E-state index contributed by atoms with van der Waals surface area (Å²) in [7, 11) is 2.00. The summed E-state index contributed by atoms with van der Waals surface area (Å²) >= 11 is 1.65. The monoisotopic (exact) mass is 318 g/mol. The van der Waals surface area contributed by atoms with Crippen LogP contribution in [-0.4, -0.2) is 31.2 Å². The molecule has 0 spiro atoms. The normalized spacial score (nSPS) is 11.7. The molecule has 0 fully saturated rings. The van der Waals surface area contributed by atoms with Gasteiger partial charge in [-0.1, -0.05) is 12.1 Å². The number of nitrogens with one attached hydrogen (secondary N) is 2. The van der Waals surface area contributed by atoms with Gasteiger partial charge in [-0.05, 0) is 36.9 Å². The molecule has 5 nitrogen and oxygen atoms in total. The molecular formula is C16H22N4OS. The number of pyridine rings is 1. The molecule has 2 heterocycles. The molecule has 0 bridgehead atoms. The minimum Gasteiger partial charge on any atom is -0.360 e. The second-order valence-corrected chi connectivity index (χ2v) is 6.08. The minimum atomic E-state index is -0.124. The predicted octanol–water partition coefficient (Wildman–Crippen LogP) is 3.03. The van der Waals surface area contributed by atoms with Crippen molar-refractivity contribution in [3.8, 4) is 0 Å². The summed E-state index contributed by atoms with van der Waals surface area (Å²) in [5, 5.41) is 7.84. The van der Waals surface area contributed by atoms with Gasteiger partial charge in [-0.15, -0.1) is 11.3 Å². The number of nitrogens with zero attached hydrogens (tertiary/aromatic N) is 2. The SMILES string of the molecule is CC(NC(=O)NCCCN(C)c1ccccn1)c1cccs1. The highest BCUT2D eigenvalue weighted by Gasteiger charge is 2.09. The number of carbonyl (C=O) groups excluding carboxylic acids is 1. The molecule has 2 N–H and O–H groups in total. The smallest absolute Gasteiger partial charge is 0.315 e. The lowest BCUT2D eigenvalue weighted by Crippen LogP contribution is -2.38. The molecule has 0 aromatic carbocycles. The number of carbonyl (C=O) groups is 1. The first-order valence-electron chi connectivity index (χ1n) is 7.37. The molecular weight excluding hydrogens is 296 g/mol. The van der Waals surface area contributed by atoms with Gasteiger partial charge in [0.1, 0.15) is 5.82 Å². The Labute approximate surface area is 135 Å². The van der Waals surface area contributed by atoms with Crippen LogP contribution in [-0.2, 0) is 0 Å². The van der Waals surface area contributed by atoms with E-state index in [1.165, 1.54) is 0 Å². The first kappa shape index (κ1) is 16.3. The zero-order valence-corrected chi connectivity index (χ0v) is 13.8. The molecule has 2 rings (SSSR count). The summed E-state index contributed by atoms with van der Waals surface area (Å²) in [4.78, 5) is 19.3. The number of thiophene rings is 1. The molecule has 0 radical (unpaired) electrons. The van der Waals surface area contributed by atoms with Crippen LogP contribution in [0.3, 0.4) is 0 Å². The lowest BCUT2D eigenvalue weighted by atomic mass is 10.3. The summed E-state index contributed by atoms with van der Waals surface area (Å²) < 4.78 is 0. The van der Waals surface area contributed by atoms with Gasteiger partial charge >= 0.3 is 6.03 Å². The highest BCUT2D eigenvalue weighted by Crippen LogP contribution is 2.17. The standard InChI is InChI=1S/C16H22N4OS/c1-13(14-7-5-12-22-14)19-16(21)18-10-6-11-20(2)15-8-3-4-9-17-15/h3-5,7-9,12-13H,6,10-11H2,1-2H3,(H2,18,19,21). The van der Waals surface area contributed by atoms with E-state index in [9.17, 15) is 4.79 Å². The van der Waals surface area contributed by atoms with Crippen LogP contribution in [0.5, 0.6) is 0 Å². The van der Waals surface area contributed by atoms with Crippen molar-refractivity contribution in [1.82, 2.24) is 15.6 Å². The van der Waals surface area contributed by atoms with Crippen LogP contribution < -0.4 is 15.5 Å². The lowest BCUT2D eigenvalue weighted by Gasteiger charge is -2.18. The minimum absolute atomic E-state index is 0.0381. The van der Waals surface area contributed by atoms with Gasteiger partial charge in [0.15, 0.2) is 0 Å². The topological polar surface area (TPSA) is 57.3 Å². The van der Waals surface area contributed by atoms with E-state index in [1.807, 2.05) is 49.7 Å². The molecule has 1 unspecified atom stereocenters. The zero-order chi connectivity index (χ0) is 15.8. The summed E-state index contributed by atoms with van der Waals surface area (Å²) in [6, 6.07) is 9.77. The van der Waals surface area contributed by atoms with E-state index in [0.717, 1.165) is 23.7 Å². The summed E-state index contributed by atoms with van der Waals surface area (Å²) in [5.74, 6) is 0.943. The van der Waals surface area contributed by atoms with Crippen molar-refractivity contribution in [2.24, 2.45) is 0 Å². The fraction of sp³-hybridized carbons (Fsp3) is 0.375. The van der Waals surface area contributed by atoms with Gasteiger partial charge in [0.05, 0.1) is 6.04 Å². The Bertz CT molecular complexity index is 559. The number of hydrogen-bond donors (Lipinski definition) is 2. The third kappa shape index (κ3) is 5.04. The van der Waals surface area contributed by atoms with Crippen LogP contribution in [0.1, 0.15) is 24.3 Å². The van der Waals surface area contributed by atoms with Crippen molar-refractivity contribution in [2.75, 3.05) is 25.0 Å². The van der Waals surface area contributed by atoms with Gasteiger partial charge in [0.2, 0.25) is 0 Å². The van der Waals surface area contributed by atoms with Crippen LogP contribution in [0.2, 0.25) is 0 Å². The Kier molecular flexibility index (Phi) is 6.21. The van der Waals surface area contributed by atoms with Crippen molar-refractivity contribution in [2.45, 2.75) is 19.4 Å². The molecule has 1 atom stereocenters. The maximum absolute atomic E-state index is 11.8. The Hall–Kier alpha value is -2.08. The molecule has 118 valence electrons. The zero-order valence-electron chi connectivity index (χ0n) is 13.0. The van der Waals surface area contributed by atoms with Crippen molar-refractivity contribution in [1.29, 1.82) is 0 Å². The molecule has 2 aromatic rings. The molecule has 2 aromatic heterocycles. The lowest BCUT2D eigenvalue weighted by molar-refractivity contribution is 0.238. The van der Waals surface area contributed by atoms with E-state index >= 15 is 0 Å². The van der Waals surface area contributed by atoms with Gasteiger partial charge in [-0.3, -0.25) is 0 Å². The quantitative estimate of drug-likeness (QED) is 0.772. The largest absolute Gasteiger partial charge is 0.360 e. The average molecular weight is 318 g/mol.